The highest BCUT2D eigenvalue weighted by Crippen LogP contribution is 2.94. The summed E-state index contributed by atoms with van der Waals surface area (Å²) in [4.78, 5) is 13.3. The number of hydrogen-bond donors (Lipinski definition) is 0. The van der Waals surface area contributed by atoms with Crippen LogP contribution in [0, 0.1) is 10.4 Å². The number of benzene rings is 12. The van der Waals surface area contributed by atoms with E-state index in [9.17, 15) is 4.79 Å². The van der Waals surface area contributed by atoms with E-state index in [-0.39, 0.29) is 22.2 Å². The zero-order chi connectivity index (χ0) is 38.9. The fourth-order valence-electron chi connectivity index (χ4n) is 19.4. The minimum absolute atomic E-state index is 0.101. The van der Waals surface area contributed by atoms with E-state index in [1.54, 1.807) is 116 Å². The molecule has 15 aromatic rings. The molecule has 2 heteroatoms. The second-order valence-electron chi connectivity index (χ2n) is 21.2. The van der Waals surface area contributed by atoms with Gasteiger partial charge in [-0.25, -0.2) is 0 Å². The Hall–Kier alpha value is -7.03. The van der Waals surface area contributed by atoms with E-state index in [0.717, 1.165) is 25.7 Å². The maximum absolute atomic E-state index is 13.3. The van der Waals surface area contributed by atoms with Gasteiger partial charge in [-0.15, -0.1) is 0 Å². The number of rotatable bonds is 5. The Labute approximate surface area is 348 Å². The first-order chi connectivity index (χ1) is 30.7. The topological polar surface area (TPSA) is 26.3 Å². The summed E-state index contributed by atoms with van der Waals surface area (Å²) in [5.74, 6) is -0.101. The van der Waals surface area contributed by atoms with E-state index >= 15 is 0 Å². The average molecular weight is 779 g/mol. The number of ether oxygens (including phenoxy) is 1. The summed E-state index contributed by atoms with van der Waals surface area (Å²) in [7, 11) is 1.56. The molecule has 0 heterocycles. The van der Waals surface area contributed by atoms with Crippen LogP contribution in [-0.2, 0) is 38.6 Å². The number of esters is 1. The lowest BCUT2D eigenvalue weighted by Crippen LogP contribution is -2.27. The molecule has 0 radical (unpaired) electrons. The molecule has 1 saturated carbocycles. The Balaban J connectivity index is 1.19. The van der Waals surface area contributed by atoms with Crippen LogP contribution in [0.1, 0.15) is 69.3 Å². The largest absolute Gasteiger partial charge is 0.469 e. The summed E-state index contributed by atoms with van der Waals surface area (Å²) >= 11 is 0. The molecule has 7 aliphatic carbocycles. The van der Waals surface area contributed by atoms with E-state index in [0.29, 0.717) is 6.42 Å². The molecule has 0 N–H and O–H groups in total. The molecule has 2 spiro atoms. The van der Waals surface area contributed by atoms with Gasteiger partial charge in [-0.1, -0.05) is 66.7 Å². The molecule has 0 aromatic heterocycles. The number of carbonyl (C=O) groups excluding carboxylic acids is 1. The summed E-state index contributed by atoms with van der Waals surface area (Å²) < 4.78 is 5.42. The number of hydrogen-bond acceptors (Lipinski definition) is 2. The standard InChI is InChI=1S/C60H26O2/c1-62-32(61)8-5-13-58(25-6-3-2-4-7-25)59-54-29-12-11-27-26-9-10-28-30-18-23-16-20-14-22-15-21-17-24-19-31(29)55(59)49-36(24)34(21)43-37(22)42-33(20)35(23)44-40(30)45-38(28)39(26)50(41(27)54)56-51(45)53-48(44)46(42)47(43)52(49)57(53)60(56,58)59/h2-4,6-7,9-12,14-15,18-19H,5,8,13,16-17H2,1H3. The third-order valence-corrected chi connectivity index (χ3v) is 20.2. The molecule has 1 fully saturated rings. The zero-order valence-corrected chi connectivity index (χ0v) is 33.4. The monoisotopic (exact) mass is 778 g/mol. The van der Waals surface area contributed by atoms with Gasteiger partial charge in [0, 0.05) is 22.7 Å². The second-order valence-corrected chi connectivity index (χ2v) is 21.2. The predicted molar refractivity (Wildman–Crippen MR) is 251 cm³/mol. The first-order valence-corrected chi connectivity index (χ1v) is 23.0. The Bertz CT molecular complexity index is 5110. The van der Waals surface area contributed by atoms with Gasteiger partial charge in [0.1, 0.15) is 0 Å². The van der Waals surface area contributed by atoms with Crippen molar-refractivity contribution in [3.05, 3.63) is 139 Å². The first-order valence-electron chi connectivity index (χ1n) is 23.0. The Morgan fingerprint density at radius 1 is 0.468 bits per heavy atom. The van der Waals surface area contributed by atoms with Gasteiger partial charge in [-0.3, -0.25) is 4.79 Å². The third-order valence-electron chi connectivity index (χ3n) is 20.2. The van der Waals surface area contributed by atoms with E-state index in [2.05, 4.69) is 78.9 Å². The fourth-order valence-corrected chi connectivity index (χ4v) is 19.4. The highest BCUT2D eigenvalue weighted by atomic mass is 16.5. The lowest BCUT2D eigenvalue weighted by atomic mass is 9.66. The predicted octanol–water partition coefficient (Wildman–Crippen LogP) is 13.7. The molecule has 0 bridgehead atoms. The highest BCUT2D eigenvalue weighted by molar-refractivity contribution is 6.62. The quantitative estimate of drug-likeness (QED) is 0.0988. The zero-order valence-electron chi connectivity index (χ0n) is 33.4. The first kappa shape index (κ1) is 27.7. The van der Waals surface area contributed by atoms with Crippen LogP contribution >= 0.6 is 0 Å². The second kappa shape index (κ2) is 7.31. The summed E-state index contributed by atoms with van der Waals surface area (Å²) in [6, 6.07) is 32.6. The molecule has 2 nitrogen and oxygen atoms in total. The molecular weight excluding hydrogens is 753 g/mol. The van der Waals surface area contributed by atoms with Crippen molar-refractivity contribution in [2.24, 2.45) is 0 Å². The van der Waals surface area contributed by atoms with Crippen molar-refractivity contribution in [1.82, 2.24) is 0 Å². The summed E-state index contributed by atoms with van der Waals surface area (Å²) in [5.41, 5.74) is 13.2. The maximum atomic E-state index is 13.3. The van der Waals surface area contributed by atoms with E-state index in [1.807, 2.05) is 0 Å². The molecule has 278 valence electrons. The summed E-state index contributed by atoms with van der Waals surface area (Å²) in [6.45, 7) is 0. The van der Waals surface area contributed by atoms with Crippen molar-refractivity contribution in [2.75, 3.05) is 7.11 Å². The third kappa shape index (κ3) is 1.89. The van der Waals surface area contributed by atoms with Crippen molar-refractivity contribution in [2.45, 2.75) is 48.3 Å². The molecule has 15 aromatic carbocycles. The minimum atomic E-state index is -0.325. The molecule has 22 rings (SSSR count). The van der Waals surface area contributed by atoms with Crippen LogP contribution in [0.25, 0.3) is 140 Å². The van der Waals surface area contributed by atoms with Gasteiger partial charge in [0.2, 0.25) is 0 Å². The maximum Gasteiger partial charge on any atom is 0.305 e. The van der Waals surface area contributed by atoms with Crippen LogP contribution in [0.5, 0.6) is 0 Å². The highest BCUT2D eigenvalue weighted by Gasteiger charge is 2.93. The van der Waals surface area contributed by atoms with Crippen LogP contribution in [0.4, 0.5) is 0 Å². The SMILES string of the molecule is COC(=O)CCCC1(c2ccccc2)C23c4c5ccc6c7ccc8c9cc%10c%11c%12c(cc%13cc%14c%15c%16c(cc=5c2c%16c2c5c%16c%17c(c(c46)c7c8c%17c9c%11c%16c4c%12c%13c%15c24)C513)C%14)C%10. The number of fused-ring (bicyclic) bond motifs is 2. The van der Waals surface area contributed by atoms with E-state index in [4.69, 9.17) is 4.74 Å². The Kier molecular flexibility index (Phi) is 3.27. The molecule has 62 heavy (non-hydrogen) atoms. The van der Waals surface area contributed by atoms with Crippen molar-refractivity contribution < 1.29 is 9.53 Å². The Morgan fingerprint density at radius 3 is 1.71 bits per heavy atom. The van der Waals surface area contributed by atoms with Gasteiger partial charge in [0.15, 0.2) is 0 Å². The molecule has 0 aliphatic heterocycles. The van der Waals surface area contributed by atoms with Crippen molar-refractivity contribution >= 4 is 146 Å². The lowest BCUT2D eigenvalue weighted by molar-refractivity contribution is -0.140. The fraction of sp³-hybridized carbons (Fsp3) is 0.150. The molecule has 7 aliphatic rings. The van der Waals surface area contributed by atoms with Gasteiger partial charge >= 0.3 is 5.97 Å². The van der Waals surface area contributed by atoms with Crippen LogP contribution in [-0.4, -0.2) is 13.1 Å². The van der Waals surface area contributed by atoms with Crippen molar-refractivity contribution in [3.63, 3.8) is 0 Å². The lowest BCUT2D eigenvalue weighted by Gasteiger charge is -2.34. The smallest absolute Gasteiger partial charge is 0.305 e. The molecule has 3 unspecified atom stereocenters. The van der Waals surface area contributed by atoms with Gasteiger partial charge in [-0.2, -0.15) is 0 Å². The molecule has 0 amide bonds. The minimum Gasteiger partial charge on any atom is -0.469 e. The van der Waals surface area contributed by atoms with E-state index in [1.165, 1.54) is 92.1 Å². The van der Waals surface area contributed by atoms with Crippen LogP contribution < -0.4 is 0 Å². The number of carbonyl (C=O) groups is 1. The summed E-state index contributed by atoms with van der Waals surface area (Å²) in [6.07, 6.45) is 4.14. The van der Waals surface area contributed by atoms with Crippen LogP contribution in [0.3, 0.4) is 0 Å². The molecule has 3 atom stereocenters. The Morgan fingerprint density at radius 2 is 0.968 bits per heavy atom. The van der Waals surface area contributed by atoms with Crippen molar-refractivity contribution in [1.29, 1.82) is 0 Å². The normalized spacial score (nSPS) is 23.6. The van der Waals surface area contributed by atoms with Gasteiger partial charge in [-0.05, 0) is 238 Å². The van der Waals surface area contributed by atoms with Gasteiger partial charge < -0.3 is 4.74 Å². The van der Waals surface area contributed by atoms with E-state index < -0.39 is 0 Å². The molecular formula is C60H26O2. The van der Waals surface area contributed by atoms with Gasteiger partial charge in [0.25, 0.3) is 0 Å². The van der Waals surface area contributed by atoms with Gasteiger partial charge in [0.05, 0.1) is 7.11 Å². The number of methoxy groups -OCH3 is 1. The summed E-state index contributed by atoms with van der Waals surface area (Å²) in [5, 5.41) is 43.0. The average Bonchev–Trinajstić information content (AvgIpc) is 4.05. The van der Waals surface area contributed by atoms with Crippen LogP contribution in [0.15, 0.2) is 78.9 Å². The molecule has 0 saturated heterocycles. The van der Waals surface area contributed by atoms with Crippen molar-refractivity contribution in [3.8, 4) is 0 Å². The van der Waals surface area contributed by atoms with Crippen LogP contribution in [0.2, 0.25) is 0 Å².